The van der Waals surface area contributed by atoms with Gasteiger partial charge in [-0.25, -0.2) is 39.1 Å². The maximum atomic E-state index is 10.5. The number of H-pyrrole nitrogens is 4. The van der Waals surface area contributed by atoms with Gasteiger partial charge in [-0.1, -0.05) is 0 Å². The molecule has 4 rings (SSSR count). The molecule has 61 heavy (non-hydrogen) atoms. The van der Waals surface area contributed by atoms with E-state index in [1.807, 2.05) is 19.9 Å². The van der Waals surface area contributed by atoms with Crippen LogP contribution in [0.15, 0.2) is 44.0 Å². The second kappa shape index (κ2) is 52.2. The van der Waals surface area contributed by atoms with Gasteiger partial charge in [-0.05, 0) is 0 Å². The van der Waals surface area contributed by atoms with Gasteiger partial charge in [-0.2, -0.15) is 0 Å². The van der Waals surface area contributed by atoms with Gasteiger partial charge in [-0.15, -0.1) is 0 Å². The third kappa shape index (κ3) is 38.1. The first-order valence-electron chi connectivity index (χ1n) is 10.4. The molecule has 372 valence electrons. The molecule has 0 aliphatic carbocycles. The number of hydrogen-bond acceptors (Lipinski definition) is 24. The third-order valence-corrected chi connectivity index (χ3v) is 3.97. The normalized spacial score (nSPS) is 6.82. The molecular formula is C20H38Cu4N12O25. The summed E-state index contributed by atoms with van der Waals surface area (Å²) in [6.07, 6.45) is 3.03. The van der Waals surface area contributed by atoms with Crippen LogP contribution in [0.4, 0.5) is 0 Å². The predicted molar refractivity (Wildman–Crippen MR) is 167 cm³/mol. The Kier molecular flexibility index (Phi) is 95.0. The van der Waals surface area contributed by atoms with Crippen LogP contribution in [-0.2, 0) is 68.3 Å². The van der Waals surface area contributed by atoms with Crippen molar-refractivity contribution in [1.82, 2.24) is 64.5 Å². The molecule has 41 heteroatoms. The van der Waals surface area contributed by atoms with Crippen molar-refractivity contribution in [2.45, 2.75) is 0 Å². The summed E-state index contributed by atoms with van der Waals surface area (Å²) in [6.45, 7) is 0. The van der Waals surface area contributed by atoms with E-state index in [0.717, 1.165) is 24.8 Å². The number of nitrogens with one attached hydrogen (secondary N) is 4. The maximum Gasteiger partial charge on any atom is 2.00 e. The Morgan fingerprint density at radius 2 is 0.459 bits per heavy atom. The number of carbonyl (C=O) groups excluding carboxylic acids is 4. The fourth-order valence-corrected chi connectivity index (χ4v) is 2.11. The first-order chi connectivity index (χ1) is 20.4. The molecule has 4 radical (unpaired) electrons. The zero-order valence-corrected chi connectivity index (χ0v) is 32.9. The topological polar surface area (TPSA) is 859 Å². The summed E-state index contributed by atoms with van der Waals surface area (Å²) in [7, 11) is 0. The van der Waals surface area contributed by atoms with Gasteiger partial charge in [0.2, 0.25) is 0 Å². The average Bonchev–Trinajstić information content (AvgIpc) is 2.89. The Balaban J connectivity index is -0.0000000258. The van der Waals surface area contributed by atoms with Crippen molar-refractivity contribution in [3.8, 4) is 23.5 Å². The van der Waals surface area contributed by atoms with Crippen LogP contribution in [0, 0.1) is 0 Å². The number of aromatic amines is 4. The molecule has 0 atom stereocenters. The minimum absolute atomic E-state index is 0. The molecule has 0 saturated heterocycles. The molecule has 4 aromatic heterocycles. The van der Waals surface area contributed by atoms with Crippen molar-refractivity contribution in [2.75, 3.05) is 0 Å². The van der Waals surface area contributed by atoms with Crippen LogP contribution in [0.25, 0.3) is 0 Å². The minimum atomic E-state index is -1.65. The molecule has 37 nitrogen and oxygen atoms in total. The summed E-state index contributed by atoms with van der Waals surface area (Å²) >= 11 is 0. The zero-order valence-electron chi connectivity index (χ0n) is 29.2. The Bertz CT molecular complexity index is 1690. The summed E-state index contributed by atoms with van der Waals surface area (Å²) in [6, 6.07) is 0. The predicted octanol–water partition coefficient (Wildman–Crippen LogP) is -18.0. The van der Waals surface area contributed by atoms with E-state index >= 15 is 0 Å². The van der Waals surface area contributed by atoms with Gasteiger partial charge in [-0.3, -0.25) is 0 Å². The molecule has 0 aliphatic heterocycles. The monoisotopic (exact) mass is 1100 g/mol. The summed E-state index contributed by atoms with van der Waals surface area (Å²) in [4.78, 5) is 100. The van der Waals surface area contributed by atoms with Gasteiger partial charge in [0.25, 0.3) is 0 Å². The first-order valence-corrected chi connectivity index (χ1v) is 10.4. The molecule has 0 spiro atoms. The van der Waals surface area contributed by atoms with Crippen LogP contribution in [0.1, 0.15) is 41.4 Å². The smallest absolute Gasteiger partial charge is 0.858 e. The van der Waals surface area contributed by atoms with Crippen molar-refractivity contribution >= 4 is 23.9 Å². The Labute approximate surface area is 377 Å². The molecular weight excluding hydrogens is 1060 g/mol. The Morgan fingerprint density at radius 3 is 0.541 bits per heavy atom. The third-order valence-electron chi connectivity index (χ3n) is 3.97. The number of rotatable bonds is 4. The minimum Gasteiger partial charge on any atom is -0.858 e. The molecule has 0 aliphatic rings. The molecule has 4 aromatic rings. The van der Waals surface area contributed by atoms with Gasteiger partial charge < -0.3 is 154 Å². The van der Waals surface area contributed by atoms with E-state index in [1.165, 1.54) is 0 Å². The van der Waals surface area contributed by atoms with E-state index in [0.29, 0.717) is 0 Å². The molecule has 34 N–H and O–H groups in total. The molecule has 0 saturated carbocycles. The summed E-state index contributed by atoms with van der Waals surface area (Å²) < 4.78 is 0. The van der Waals surface area contributed by atoms with Crippen molar-refractivity contribution in [1.29, 1.82) is 0 Å². The zero-order chi connectivity index (χ0) is 33.7. The number of aromatic nitrogens is 8. The van der Waals surface area contributed by atoms with Crippen molar-refractivity contribution in [3.63, 3.8) is 0 Å². The molecule has 0 fully saturated rings. The van der Waals surface area contributed by atoms with Crippen LogP contribution in [0.3, 0.4) is 0 Å². The first kappa shape index (κ1) is 111. The molecule has 0 amide bonds. The van der Waals surface area contributed by atoms with E-state index in [1.54, 1.807) is 0 Å². The van der Waals surface area contributed by atoms with Crippen LogP contribution in [0.2, 0.25) is 0 Å². The van der Waals surface area contributed by atoms with E-state index in [4.69, 9.17) is 0 Å². The van der Waals surface area contributed by atoms with Gasteiger partial charge in [0.1, 0.15) is 0 Å². The molecule has 4 heterocycles. The summed E-state index contributed by atoms with van der Waals surface area (Å²) in [5.74, 6) is -11.0. The van der Waals surface area contributed by atoms with Crippen LogP contribution in [-0.4, -0.2) is 113 Å². The summed E-state index contributed by atoms with van der Waals surface area (Å²) in [5.41, 5.74) is -6.09. The Hall–Kier alpha value is -5.84. The van der Waals surface area contributed by atoms with Crippen molar-refractivity contribution in [3.05, 3.63) is 89.0 Å². The quantitative estimate of drug-likeness (QED) is 0.0880. The number of hydrogen-bond donors (Lipinski definition) is 8. The largest absolute Gasteiger partial charge is 2.00 e. The van der Waals surface area contributed by atoms with E-state index in [2.05, 4.69) is 19.9 Å². The van der Waals surface area contributed by atoms with E-state index < -0.39 is 92.4 Å². The fourth-order valence-electron chi connectivity index (χ4n) is 2.11. The van der Waals surface area contributed by atoms with Crippen LogP contribution in [0.5, 0.6) is 23.5 Å². The second-order valence-corrected chi connectivity index (χ2v) is 6.85. The van der Waals surface area contributed by atoms with Crippen molar-refractivity contribution in [2.24, 2.45) is 0 Å². The van der Waals surface area contributed by atoms with Gasteiger partial charge in [0.05, 0.1) is 23.9 Å². The Morgan fingerprint density at radius 1 is 0.344 bits per heavy atom. The van der Waals surface area contributed by atoms with E-state index in [9.17, 15) is 79.2 Å². The molecule has 0 aromatic carbocycles. The van der Waals surface area contributed by atoms with Crippen LogP contribution >= 0.6 is 0 Å². The molecule has 0 unspecified atom stereocenters. The fraction of sp³-hybridized carbons (Fsp3) is 0. The average molecular weight is 1100 g/mol. The number of carboxylic acids is 4. The number of aromatic carboxylic acids is 4. The second-order valence-electron chi connectivity index (χ2n) is 6.85. The number of carboxylic acid groups (broad SMARTS) is 4. The van der Waals surface area contributed by atoms with Gasteiger partial charge >= 0.3 is 91.0 Å². The standard InChI is InChI=1S/4C5H4N2O4.4Cu.4H3N.9H2O/c4*8-3-2(4(9)10)1-6-5(11)7-3;;;;;;;;;;;;;;;;;/h4*1H,(H,9,10)(H2,6,7,8,11);;;;;4*1H3;9*1H2/q;;;;4*+2;;;;;;;;;;;;;/p-8. The van der Waals surface area contributed by atoms with Crippen LogP contribution < -0.4 is 88.2 Å². The molecule has 0 bridgehead atoms. The van der Waals surface area contributed by atoms with Crippen molar-refractivity contribution < 1.29 is 178 Å². The number of nitrogens with zero attached hydrogens (tertiary/aromatic N) is 4. The maximum absolute atomic E-state index is 10.5. The van der Waals surface area contributed by atoms with Gasteiger partial charge in [0, 0.05) is 70.6 Å². The number of carbonyl (C=O) groups is 4. The SMILES string of the molecule is N.N.N.N.O.O.O.O.O.O.O.O.O.O=C([O-])c1c[nH]c(=O)nc1[O-].O=C([O-])c1c[nH]c(=O)nc1[O-].O=C([O-])c1c[nH]c(=O)nc1[O-].O=C([O-])c1c[nH]c(=O)nc1[O-].[Cu+2].[Cu+2].[Cu+2].[Cu+2]. The van der Waals surface area contributed by atoms with E-state index in [-0.39, 0.29) is 142 Å². The summed E-state index contributed by atoms with van der Waals surface area (Å²) in [5, 5.41) is 82.4. The van der Waals surface area contributed by atoms with Gasteiger partial charge in [0.15, 0.2) is 0 Å².